The van der Waals surface area contributed by atoms with Crippen molar-refractivity contribution in [3.05, 3.63) is 41.5 Å². The van der Waals surface area contributed by atoms with Gasteiger partial charge in [0.1, 0.15) is 0 Å². The zero-order valence-electron chi connectivity index (χ0n) is 7.96. The summed E-state index contributed by atoms with van der Waals surface area (Å²) < 4.78 is 0. The molecule has 0 heterocycles. The van der Waals surface area contributed by atoms with E-state index in [1.807, 2.05) is 7.05 Å². The first-order valence-corrected chi connectivity index (χ1v) is 4.83. The molecular formula is C12H15N. The Kier molecular flexibility index (Phi) is 2.46. The molecule has 1 nitrogen and oxygen atoms in total. The number of hydrogen-bond donors (Lipinski definition) is 1. The molecule has 0 saturated carbocycles. The molecule has 0 radical (unpaired) electrons. The maximum Gasteiger partial charge on any atom is 0.0253 e. The lowest BCUT2D eigenvalue weighted by Crippen LogP contribution is -2.22. The Morgan fingerprint density at radius 3 is 3.00 bits per heavy atom. The van der Waals surface area contributed by atoms with Gasteiger partial charge in [-0.2, -0.15) is 0 Å². The maximum absolute atomic E-state index is 3.29. The van der Waals surface area contributed by atoms with Crippen molar-refractivity contribution < 1.29 is 0 Å². The van der Waals surface area contributed by atoms with Gasteiger partial charge >= 0.3 is 0 Å². The largest absolute Gasteiger partial charge is 0.314 e. The second kappa shape index (κ2) is 3.75. The number of nitrogens with one attached hydrogen (secondary N) is 1. The van der Waals surface area contributed by atoms with Gasteiger partial charge in [-0.05, 0) is 31.0 Å². The number of hydrogen-bond acceptors (Lipinski definition) is 1. The SMILES string of the molecule is CNC1C=Cc2ccccc2CC1. The third-order valence-corrected chi connectivity index (χ3v) is 2.66. The molecule has 1 atom stereocenters. The second-order valence-corrected chi connectivity index (χ2v) is 3.49. The van der Waals surface area contributed by atoms with E-state index in [1.54, 1.807) is 0 Å². The molecule has 1 aromatic rings. The molecule has 1 N–H and O–H groups in total. The van der Waals surface area contributed by atoms with E-state index in [4.69, 9.17) is 0 Å². The van der Waals surface area contributed by atoms with Gasteiger partial charge in [0.15, 0.2) is 0 Å². The topological polar surface area (TPSA) is 12.0 Å². The monoisotopic (exact) mass is 173 g/mol. The van der Waals surface area contributed by atoms with Crippen molar-refractivity contribution in [1.29, 1.82) is 0 Å². The van der Waals surface area contributed by atoms with E-state index in [2.05, 4.69) is 41.7 Å². The molecule has 0 saturated heterocycles. The minimum absolute atomic E-state index is 0.535. The fourth-order valence-corrected chi connectivity index (χ4v) is 1.79. The van der Waals surface area contributed by atoms with Crippen molar-refractivity contribution in [2.75, 3.05) is 7.05 Å². The van der Waals surface area contributed by atoms with Gasteiger partial charge in [-0.3, -0.25) is 0 Å². The molecule has 1 aromatic carbocycles. The average molecular weight is 173 g/mol. The molecule has 0 aromatic heterocycles. The van der Waals surface area contributed by atoms with E-state index in [0.717, 1.165) is 0 Å². The van der Waals surface area contributed by atoms with Gasteiger partial charge in [-0.25, -0.2) is 0 Å². The Bertz CT molecular complexity index is 315. The summed E-state index contributed by atoms with van der Waals surface area (Å²) >= 11 is 0. The fraction of sp³-hybridized carbons (Fsp3) is 0.333. The molecule has 0 amide bonds. The van der Waals surface area contributed by atoms with Gasteiger partial charge in [0.25, 0.3) is 0 Å². The van der Waals surface area contributed by atoms with E-state index < -0.39 is 0 Å². The van der Waals surface area contributed by atoms with Crippen LogP contribution in [0.4, 0.5) is 0 Å². The third kappa shape index (κ3) is 1.81. The van der Waals surface area contributed by atoms with Gasteiger partial charge in [-0.15, -0.1) is 0 Å². The molecule has 0 aliphatic heterocycles. The van der Waals surface area contributed by atoms with Crippen LogP contribution < -0.4 is 5.32 Å². The summed E-state index contributed by atoms with van der Waals surface area (Å²) in [5, 5.41) is 3.29. The Morgan fingerprint density at radius 1 is 1.31 bits per heavy atom. The van der Waals surface area contributed by atoms with Crippen LogP contribution in [0.25, 0.3) is 6.08 Å². The Balaban J connectivity index is 2.28. The highest BCUT2D eigenvalue weighted by atomic mass is 14.9. The number of fused-ring (bicyclic) bond motifs is 1. The van der Waals surface area contributed by atoms with Gasteiger partial charge < -0.3 is 5.32 Å². The van der Waals surface area contributed by atoms with Crippen LogP contribution in [0.2, 0.25) is 0 Å². The number of likely N-dealkylation sites (N-methyl/N-ethyl adjacent to an activating group) is 1. The Morgan fingerprint density at radius 2 is 2.15 bits per heavy atom. The van der Waals surface area contributed by atoms with Crippen LogP contribution in [0, 0.1) is 0 Å². The summed E-state index contributed by atoms with van der Waals surface area (Å²) in [7, 11) is 2.02. The average Bonchev–Trinajstić information content (AvgIpc) is 2.39. The van der Waals surface area contributed by atoms with Crippen LogP contribution in [-0.2, 0) is 6.42 Å². The third-order valence-electron chi connectivity index (χ3n) is 2.66. The molecule has 2 rings (SSSR count). The van der Waals surface area contributed by atoms with Crippen molar-refractivity contribution in [2.24, 2.45) is 0 Å². The summed E-state index contributed by atoms with van der Waals surface area (Å²) in [6.07, 6.45) is 6.86. The molecule has 1 aliphatic carbocycles. The molecule has 68 valence electrons. The smallest absolute Gasteiger partial charge is 0.0253 e. The first kappa shape index (κ1) is 8.52. The van der Waals surface area contributed by atoms with E-state index in [9.17, 15) is 0 Å². The lowest BCUT2D eigenvalue weighted by molar-refractivity contribution is 0.619. The highest BCUT2D eigenvalue weighted by molar-refractivity contribution is 5.55. The van der Waals surface area contributed by atoms with Gasteiger partial charge in [0.2, 0.25) is 0 Å². The standard InChI is InChI=1S/C12H15N/c1-13-12-8-6-10-4-2-3-5-11(10)7-9-12/h2-6,8,12-13H,7,9H2,1H3. The molecule has 1 heteroatoms. The lowest BCUT2D eigenvalue weighted by Gasteiger charge is -2.08. The van der Waals surface area contributed by atoms with Crippen LogP contribution in [-0.4, -0.2) is 13.1 Å². The highest BCUT2D eigenvalue weighted by Gasteiger charge is 2.08. The van der Waals surface area contributed by atoms with Crippen molar-refractivity contribution in [3.8, 4) is 0 Å². The molecular weight excluding hydrogens is 158 g/mol. The molecule has 0 fully saturated rings. The molecule has 0 bridgehead atoms. The van der Waals surface area contributed by atoms with Gasteiger partial charge in [-0.1, -0.05) is 36.4 Å². The second-order valence-electron chi connectivity index (χ2n) is 3.49. The summed E-state index contributed by atoms with van der Waals surface area (Å²) in [5.41, 5.74) is 2.84. The first-order valence-electron chi connectivity index (χ1n) is 4.83. The fourth-order valence-electron chi connectivity index (χ4n) is 1.79. The number of rotatable bonds is 1. The van der Waals surface area contributed by atoms with E-state index in [1.165, 1.54) is 24.0 Å². The van der Waals surface area contributed by atoms with Crippen LogP contribution in [0.15, 0.2) is 30.3 Å². The van der Waals surface area contributed by atoms with E-state index in [0.29, 0.717) is 6.04 Å². The Labute approximate surface area is 79.5 Å². The molecule has 1 aliphatic rings. The number of aryl methyl sites for hydroxylation is 1. The molecule has 1 unspecified atom stereocenters. The van der Waals surface area contributed by atoms with Crippen molar-refractivity contribution >= 4 is 6.08 Å². The van der Waals surface area contributed by atoms with Crippen LogP contribution >= 0.6 is 0 Å². The lowest BCUT2D eigenvalue weighted by atomic mass is 10.0. The predicted octanol–water partition coefficient (Wildman–Crippen LogP) is 2.23. The number of benzene rings is 1. The predicted molar refractivity (Wildman–Crippen MR) is 56.6 cm³/mol. The summed E-state index contributed by atoms with van der Waals surface area (Å²) in [4.78, 5) is 0. The normalized spacial score (nSPS) is 20.8. The summed E-state index contributed by atoms with van der Waals surface area (Å²) in [6.45, 7) is 0. The summed E-state index contributed by atoms with van der Waals surface area (Å²) in [6, 6.07) is 9.16. The van der Waals surface area contributed by atoms with Gasteiger partial charge in [0.05, 0.1) is 0 Å². The zero-order chi connectivity index (χ0) is 9.10. The minimum Gasteiger partial charge on any atom is -0.314 e. The highest BCUT2D eigenvalue weighted by Crippen LogP contribution is 2.18. The van der Waals surface area contributed by atoms with Crippen molar-refractivity contribution in [1.82, 2.24) is 5.32 Å². The first-order chi connectivity index (χ1) is 6.40. The quantitative estimate of drug-likeness (QED) is 0.686. The van der Waals surface area contributed by atoms with E-state index in [-0.39, 0.29) is 0 Å². The Hall–Kier alpha value is -1.08. The van der Waals surface area contributed by atoms with E-state index >= 15 is 0 Å². The van der Waals surface area contributed by atoms with Crippen LogP contribution in [0.1, 0.15) is 17.5 Å². The van der Waals surface area contributed by atoms with Gasteiger partial charge in [0, 0.05) is 6.04 Å². The minimum atomic E-state index is 0.535. The maximum atomic E-state index is 3.29. The van der Waals surface area contributed by atoms with Crippen molar-refractivity contribution in [3.63, 3.8) is 0 Å². The zero-order valence-corrected chi connectivity index (χ0v) is 7.96. The summed E-state index contributed by atoms with van der Waals surface area (Å²) in [5.74, 6) is 0. The van der Waals surface area contributed by atoms with Crippen LogP contribution in [0.5, 0.6) is 0 Å². The molecule has 0 spiro atoms. The molecule has 13 heavy (non-hydrogen) atoms. The van der Waals surface area contributed by atoms with Crippen LogP contribution in [0.3, 0.4) is 0 Å². The van der Waals surface area contributed by atoms with Crippen molar-refractivity contribution in [2.45, 2.75) is 18.9 Å².